The molecule has 138 valence electrons. The van der Waals surface area contributed by atoms with Crippen molar-refractivity contribution in [1.82, 2.24) is 4.90 Å². The van der Waals surface area contributed by atoms with E-state index in [0.717, 1.165) is 36.4 Å². The molecule has 1 saturated heterocycles. The molecular weight excluding hydrogens is 368 g/mol. The van der Waals surface area contributed by atoms with Gasteiger partial charge in [-0.05, 0) is 56.4 Å². The van der Waals surface area contributed by atoms with E-state index in [1.807, 2.05) is 25.3 Å². The highest BCUT2D eigenvalue weighted by Gasteiger charge is 2.24. The van der Waals surface area contributed by atoms with Crippen molar-refractivity contribution in [3.05, 3.63) is 53.6 Å². The highest BCUT2D eigenvalue weighted by molar-refractivity contribution is 7.98. The summed E-state index contributed by atoms with van der Waals surface area (Å²) in [5.41, 5.74) is 2.00. The van der Waals surface area contributed by atoms with Gasteiger partial charge in [0.05, 0.1) is 10.5 Å². The lowest BCUT2D eigenvalue weighted by Crippen LogP contribution is -2.28. The van der Waals surface area contributed by atoms with Gasteiger partial charge in [0.1, 0.15) is 0 Å². The number of carbonyl (C=O) groups excluding carboxylic acids is 1. The SMILES string of the molecule is CSc1ccc(S(=O)(=O)Nc2ccc(C)cc2)cc1C(=O)N1CCCC1. The van der Waals surface area contributed by atoms with Gasteiger partial charge in [0.25, 0.3) is 15.9 Å². The van der Waals surface area contributed by atoms with Gasteiger partial charge < -0.3 is 4.90 Å². The van der Waals surface area contributed by atoms with Crippen molar-refractivity contribution in [2.45, 2.75) is 29.6 Å². The van der Waals surface area contributed by atoms with Gasteiger partial charge in [0.15, 0.2) is 0 Å². The fraction of sp³-hybridized carbons (Fsp3) is 0.316. The van der Waals surface area contributed by atoms with Gasteiger partial charge in [-0.15, -0.1) is 11.8 Å². The van der Waals surface area contributed by atoms with Gasteiger partial charge in [-0.3, -0.25) is 9.52 Å². The third kappa shape index (κ3) is 4.04. The molecule has 5 nitrogen and oxygen atoms in total. The first-order valence-electron chi connectivity index (χ1n) is 8.47. The predicted molar refractivity (Wildman–Crippen MR) is 105 cm³/mol. The van der Waals surface area contributed by atoms with Crippen molar-refractivity contribution in [2.75, 3.05) is 24.1 Å². The van der Waals surface area contributed by atoms with Gasteiger partial charge in [-0.25, -0.2) is 8.42 Å². The molecule has 0 unspecified atom stereocenters. The molecule has 1 N–H and O–H groups in total. The van der Waals surface area contributed by atoms with E-state index in [4.69, 9.17) is 0 Å². The summed E-state index contributed by atoms with van der Waals surface area (Å²) in [6.07, 6.45) is 3.87. The summed E-state index contributed by atoms with van der Waals surface area (Å²) in [5, 5.41) is 0. The first kappa shape index (κ1) is 18.8. The average molecular weight is 391 g/mol. The Kier molecular flexibility index (Phi) is 5.58. The molecule has 0 aromatic heterocycles. The van der Waals surface area contributed by atoms with Gasteiger partial charge in [0, 0.05) is 23.7 Å². The number of nitrogens with one attached hydrogen (secondary N) is 1. The Hall–Kier alpha value is -1.99. The van der Waals surface area contributed by atoms with Crippen LogP contribution >= 0.6 is 11.8 Å². The largest absolute Gasteiger partial charge is 0.339 e. The molecule has 7 heteroatoms. The standard InChI is InChI=1S/C19H22N2O3S2/c1-14-5-7-15(8-6-14)20-26(23,24)16-9-10-18(25-2)17(13-16)19(22)21-11-3-4-12-21/h5-10,13,20H,3-4,11-12H2,1-2H3. The maximum absolute atomic E-state index is 12.8. The molecule has 1 fully saturated rings. The van der Waals surface area contributed by atoms with Gasteiger partial charge in [-0.2, -0.15) is 0 Å². The molecule has 1 amide bonds. The maximum atomic E-state index is 12.8. The van der Waals surface area contributed by atoms with Crippen LogP contribution in [0.3, 0.4) is 0 Å². The molecule has 0 bridgehead atoms. The summed E-state index contributed by atoms with van der Waals surface area (Å²) < 4.78 is 28.1. The van der Waals surface area contributed by atoms with E-state index in [2.05, 4.69) is 4.72 Å². The zero-order chi connectivity index (χ0) is 18.7. The summed E-state index contributed by atoms with van der Waals surface area (Å²) in [4.78, 5) is 15.5. The molecule has 1 aliphatic rings. The lowest BCUT2D eigenvalue weighted by molar-refractivity contribution is 0.0789. The van der Waals surface area contributed by atoms with Crippen molar-refractivity contribution < 1.29 is 13.2 Å². The third-order valence-corrected chi connectivity index (χ3v) is 6.58. The molecule has 1 aliphatic heterocycles. The second-order valence-electron chi connectivity index (χ2n) is 6.33. The lowest BCUT2D eigenvalue weighted by Gasteiger charge is -2.18. The molecule has 0 spiro atoms. The van der Waals surface area contributed by atoms with Crippen molar-refractivity contribution in [1.29, 1.82) is 0 Å². The van der Waals surface area contributed by atoms with Crippen LogP contribution in [-0.4, -0.2) is 38.6 Å². The molecule has 2 aromatic carbocycles. The lowest BCUT2D eigenvalue weighted by atomic mass is 10.2. The van der Waals surface area contributed by atoms with Crippen LogP contribution in [0, 0.1) is 6.92 Å². The second kappa shape index (κ2) is 7.72. The molecular formula is C19H22N2O3S2. The summed E-state index contributed by atoms with van der Waals surface area (Å²) >= 11 is 1.44. The molecule has 26 heavy (non-hydrogen) atoms. The van der Waals surface area contributed by atoms with Crippen LogP contribution in [0.1, 0.15) is 28.8 Å². The Morgan fingerprint density at radius 2 is 1.73 bits per heavy atom. The van der Waals surface area contributed by atoms with Gasteiger partial charge >= 0.3 is 0 Å². The Morgan fingerprint density at radius 3 is 2.35 bits per heavy atom. The zero-order valence-electron chi connectivity index (χ0n) is 14.9. The third-order valence-electron chi connectivity index (χ3n) is 4.41. The van der Waals surface area contributed by atoms with E-state index < -0.39 is 10.0 Å². The highest BCUT2D eigenvalue weighted by Crippen LogP contribution is 2.27. The number of nitrogens with zero attached hydrogens (tertiary/aromatic N) is 1. The summed E-state index contributed by atoms with van der Waals surface area (Å²) in [7, 11) is -3.76. The predicted octanol–water partition coefficient (Wildman–Crippen LogP) is 3.75. The van der Waals surface area contributed by atoms with Crippen molar-refractivity contribution >= 4 is 33.4 Å². The van der Waals surface area contributed by atoms with Crippen LogP contribution in [0.5, 0.6) is 0 Å². The van der Waals surface area contributed by atoms with Crippen molar-refractivity contribution in [3.63, 3.8) is 0 Å². The number of likely N-dealkylation sites (tertiary alicyclic amines) is 1. The summed E-state index contributed by atoms with van der Waals surface area (Å²) in [6.45, 7) is 3.40. The first-order chi connectivity index (χ1) is 12.4. The molecule has 0 atom stereocenters. The van der Waals surface area contributed by atoms with Crippen LogP contribution < -0.4 is 4.72 Å². The maximum Gasteiger partial charge on any atom is 0.261 e. The number of sulfonamides is 1. The monoisotopic (exact) mass is 390 g/mol. The molecule has 0 aliphatic carbocycles. The van der Waals surface area contributed by atoms with Crippen LogP contribution in [0.25, 0.3) is 0 Å². The number of thioether (sulfide) groups is 1. The van der Waals surface area contributed by atoms with E-state index in [1.165, 1.54) is 17.8 Å². The molecule has 0 saturated carbocycles. The van der Waals surface area contributed by atoms with Crippen molar-refractivity contribution in [3.8, 4) is 0 Å². The Balaban J connectivity index is 1.92. The summed E-state index contributed by atoms with van der Waals surface area (Å²) in [5.74, 6) is -0.0979. The zero-order valence-corrected chi connectivity index (χ0v) is 16.5. The van der Waals surface area contributed by atoms with Crippen LogP contribution in [-0.2, 0) is 10.0 Å². The number of hydrogen-bond donors (Lipinski definition) is 1. The molecule has 1 heterocycles. The number of hydrogen-bond acceptors (Lipinski definition) is 4. The number of rotatable bonds is 5. The molecule has 3 rings (SSSR count). The number of aryl methyl sites for hydroxylation is 1. The average Bonchev–Trinajstić information content (AvgIpc) is 3.17. The van der Waals surface area contributed by atoms with E-state index >= 15 is 0 Å². The van der Waals surface area contributed by atoms with Crippen molar-refractivity contribution in [2.24, 2.45) is 0 Å². The van der Waals surface area contributed by atoms with Crippen LogP contribution in [0.4, 0.5) is 5.69 Å². The van der Waals surface area contributed by atoms with E-state index in [-0.39, 0.29) is 10.8 Å². The minimum atomic E-state index is -3.76. The Morgan fingerprint density at radius 1 is 1.08 bits per heavy atom. The van der Waals surface area contributed by atoms with E-state index in [9.17, 15) is 13.2 Å². The van der Waals surface area contributed by atoms with Gasteiger partial charge in [0.2, 0.25) is 0 Å². The Bertz CT molecular complexity index is 903. The number of amides is 1. The highest BCUT2D eigenvalue weighted by atomic mass is 32.2. The smallest absolute Gasteiger partial charge is 0.261 e. The van der Waals surface area contributed by atoms with Gasteiger partial charge in [-0.1, -0.05) is 17.7 Å². The van der Waals surface area contributed by atoms with E-state index in [0.29, 0.717) is 11.3 Å². The van der Waals surface area contributed by atoms with Crippen LogP contribution in [0.2, 0.25) is 0 Å². The number of anilines is 1. The number of benzene rings is 2. The normalized spacial score (nSPS) is 14.5. The fourth-order valence-electron chi connectivity index (χ4n) is 2.95. The number of carbonyl (C=O) groups is 1. The topological polar surface area (TPSA) is 66.5 Å². The summed E-state index contributed by atoms with van der Waals surface area (Å²) in [6, 6.07) is 11.9. The fourth-order valence-corrected chi connectivity index (χ4v) is 4.60. The van der Waals surface area contributed by atoms with Crippen LogP contribution in [0.15, 0.2) is 52.3 Å². The minimum absolute atomic E-state index is 0.0958. The minimum Gasteiger partial charge on any atom is -0.339 e. The molecule has 0 radical (unpaired) electrons. The quantitative estimate of drug-likeness (QED) is 0.790. The first-order valence-corrected chi connectivity index (χ1v) is 11.2. The second-order valence-corrected chi connectivity index (χ2v) is 8.86. The Labute approximate surface area is 158 Å². The molecule has 2 aromatic rings. The van der Waals surface area contributed by atoms with E-state index in [1.54, 1.807) is 29.2 Å².